The number of hydrogen-bond acceptors (Lipinski definition) is 5. The van der Waals surface area contributed by atoms with E-state index < -0.39 is 4.92 Å². The van der Waals surface area contributed by atoms with Crippen LogP contribution in [0.1, 0.15) is 11.3 Å². The van der Waals surface area contributed by atoms with E-state index in [4.69, 9.17) is 16.0 Å². The molecule has 0 spiro atoms. The molecule has 2 aromatic carbocycles. The summed E-state index contributed by atoms with van der Waals surface area (Å²) in [5.41, 5.74) is 3.59. The summed E-state index contributed by atoms with van der Waals surface area (Å²) in [5.74, 6) is 0.449. The highest BCUT2D eigenvalue weighted by Gasteiger charge is 2.14. The number of hydrazone groups is 1. The number of halogens is 2. The Bertz CT molecular complexity index is 1050. The van der Waals surface area contributed by atoms with E-state index in [0.717, 1.165) is 10.0 Å². The molecule has 7 nitrogen and oxygen atoms in total. The van der Waals surface area contributed by atoms with Crippen molar-refractivity contribution < 1.29 is 14.1 Å². The number of carbonyl (C=O) groups excluding carboxylic acids is 1. The van der Waals surface area contributed by atoms with Crippen molar-refractivity contribution in [2.45, 2.75) is 6.42 Å². The fraction of sp³-hybridized carbons (Fsp3) is 0.0526. The van der Waals surface area contributed by atoms with Crippen LogP contribution in [0.3, 0.4) is 0 Å². The first-order valence-corrected chi connectivity index (χ1v) is 9.20. The third-order valence-corrected chi connectivity index (χ3v) is 4.57. The molecule has 0 radical (unpaired) electrons. The van der Waals surface area contributed by atoms with Gasteiger partial charge in [-0.3, -0.25) is 14.9 Å². The maximum Gasteiger partial charge on any atom is 0.270 e. The van der Waals surface area contributed by atoms with Crippen molar-refractivity contribution in [3.05, 3.63) is 85.5 Å². The zero-order valence-corrected chi connectivity index (χ0v) is 16.6. The van der Waals surface area contributed by atoms with Crippen molar-refractivity contribution >= 4 is 45.3 Å². The molecule has 0 atom stereocenters. The number of nitro groups is 1. The molecule has 0 aliphatic heterocycles. The smallest absolute Gasteiger partial charge is 0.270 e. The average molecular weight is 463 g/mol. The number of nitrogens with zero attached hydrogens (tertiary/aromatic N) is 2. The summed E-state index contributed by atoms with van der Waals surface area (Å²) >= 11 is 9.44. The second-order valence-corrected chi connectivity index (χ2v) is 7.04. The van der Waals surface area contributed by atoms with Crippen LogP contribution >= 0.6 is 27.5 Å². The zero-order valence-electron chi connectivity index (χ0n) is 14.3. The molecule has 1 aromatic heterocycles. The SMILES string of the molecule is O=C(Cc1ccc(Br)cc1)N/N=C/c1ccc(-c2cc([N+](=O)[O-])ccc2Cl)o1. The molecule has 9 heteroatoms. The molecule has 1 heterocycles. The second-order valence-electron chi connectivity index (χ2n) is 5.72. The third kappa shape index (κ3) is 5.05. The number of furan rings is 1. The van der Waals surface area contributed by atoms with Crippen LogP contribution in [0.25, 0.3) is 11.3 Å². The van der Waals surface area contributed by atoms with Crippen molar-refractivity contribution in [2.75, 3.05) is 0 Å². The van der Waals surface area contributed by atoms with Gasteiger partial charge in [0.05, 0.1) is 22.6 Å². The van der Waals surface area contributed by atoms with Crippen LogP contribution in [-0.4, -0.2) is 17.0 Å². The Kier molecular flexibility index (Phi) is 6.23. The normalized spacial score (nSPS) is 10.9. The van der Waals surface area contributed by atoms with Gasteiger partial charge in [-0.25, -0.2) is 5.43 Å². The van der Waals surface area contributed by atoms with E-state index >= 15 is 0 Å². The Morgan fingerprint density at radius 3 is 2.68 bits per heavy atom. The van der Waals surface area contributed by atoms with Gasteiger partial charge < -0.3 is 4.42 Å². The van der Waals surface area contributed by atoms with Gasteiger partial charge in [-0.05, 0) is 35.9 Å². The molecule has 0 fully saturated rings. The van der Waals surface area contributed by atoms with Gasteiger partial charge in [0.15, 0.2) is 0 Å². The van der Waals surface area contributed by atoms with Crippen molar-refractivity contribution in [2.24, 2.45) is 5.10 Å². The molecule has 0 unspecified atom stereocenters. The van der Waals surface area contributed by atoms with Crippen LogP contribution in [0.2, 0.25) is 5.02 Å². The lowest BCUT2D eigenvalue weighted by atomic mass is 10.1. The van der Waals surface area contributed by atoms with E-state index in [1.807, 2.05) is 24.3 Å². The molecular weight excluding hydrogens is 450 g/mol. The van der Waals surface area contributed by atoms with Gasteiger partial charge in [0, 0.05) is 22.2 Å². The van der Waals surface area contributed by atoms with Gasteiger partial charge in [0.1, 0.15) is 11.5 Å². The van der Waals surface area contributed by atoms with Gasteiger partial charge >= 0.3 is 0 Å². The second kappa shape index (κ2) is 8.81. The third-order valence-electron chi connectivity index (χ3n) is 3.71. The number of carbonyl (C=O) groups is 1. The summed E-state index contributed by atoms with van der Waals surface area (Å²) < 4.78 is 6.52. The standard InChI is InChI=1S/C19H13BrClN3O4/c20-13-3-1-12(2-4-13)9-19(25)23-22-11-15-6-8-18(28-15)16-10-14(24(26)27)5-7-17(16)21/h1-8,10-11H,9H2,(H,23,25)/b22-11+. The highest BCUT2D eigenvalue weighted by molar-refractivity contribution is 9.10. The van der Waals surface area contributed by atoms with E-state index in [1.54, 1.807) is 12.1 Å². The maximum absolute atomic E-state index is 11.9. The summed E-state index contributed by atoms with van der Waals surface area (Å²) in [5, 5.41) is 15.1. The lowest BCUT2D eigenvalue weighted by molar-refractivity contribution is -0.384. The quantitative estimate of drug-likeness (QED) is 0.318. The van der Waals surface area contributed by atoms with Crippen LogP contribution in [-0.2, 0) is 11.2 Å². The monoisotopic (exact) mass is 461 g/mol. The van der Waals surface area contributed by atoms with Gasteiger partial charge in [0.2, 0.25) is 5.91 Å². The molecule has 0 saturated carbocycles. The van der Waals surface area contributed by atoms with Gasteiger partial charge in [-0.2, -0.15) is 5.10 Å². The fourth-order valence-corrected chi connectivity index (χ4v) is 2.85. The number of nitrogens with one attached hydrogen (secondary N) is 1. The Hall–Kier alpha value is -2.97. The highest BCUT2D eigenvalue weighted by atomic mass is 79.9. The Labute approximate surface area is 173 Å². The lowest BCUT2D eigenvalue weighted by Crippen LogP contribution is -2.19. The minimum absolute atomic E-state index is 0.0915. The van der Waals surface area contributed by atoms with Crippen LogP contribution in [0.5, 0.6) is 0 Å². The zero-order chi connectivity index (χ0) is 20.1. The van der Waals surface area contributed by atoms with Gasteiger partial charge in [-0.1, -0.05) is 39.7 Å². The molecule has 1 N–H and O–H groups in total. The summed E-state index contributed by atoms with van der Waals surface area (Å²) in [4.78, 5) is 22.3. The minimum atomic E-state index is -0.508. The Morgan fingerprint density at radius 1 is 1.21 bits per heavy atom. The Morgan fingerprint density at radius 2 is 1.96 bits per heavy atom. The first-order chi connectivity index (χ1) is 13.4. The summed E-state index contributed by atoms with van der Waals surface area (Å²) in [6.07, 6.45) is 1.53. The molecular formula is C19H13BrClN3O4. The predicted molar refractivity (Wildman–Crippen MR) is 109 cm³/mol. The van der Waals surface area contributed by atoms with Gasteiger partial charge in [-0.15, -0.1) is 0 Å². The van der Waals surface area contributed by atoms with Crippen molar-refractivity contribution in [3.8, 4) is 11.3 Å². The largest absolute Gasteiger partial charge is 0.455 e. The molecule has 1 amide bonds. The van der Waals surface area contributed by atoms with E-state index in [2.05, 4.69) is 26.5 Å². The van der Waals surface area contributed by atoms with E-state index in [1.165, 1.54) is 24.4 Å². The molecule has 0 aliphatic carbocycles. The number of nitro benzene ring substituents is 1. The van der Waals surface area contributed by atoms with Crippen LogP contribution < -0.4 is 5.43 Å². The first-order valence-electron chi connectivity index (χ1n) is 8.03. The molecule has 0 aliphatic rings. The summed E-state index contributed by atoms with van der Waals surface area (Å²) in [7, 11) is 0. The molecule has 3 aromatic rings. The van der Waals surface area contributed by atoms with Crippen LogP contribution in [0.15, 0.2) is 68.6 Å². The fourth-order valence-electron chi connectivity index (χ4n) is 2.38. The first kappa shape index (κ1) is 19.8. The number of benzene rings is 2. The summed E-state index contributed by atoms with van der Waals surface area (Å²) in [6, 6.07) is 14.7. The van der Waals surface area contributed by atoms with Crippen LogP contribution in [0, 0.1) is 10.1 Å². The van der Waals surface area contributed by atoms with E-state index in [0.29, 0.717) is 22.1 Å². The molecule has 3 rings (SSSR count). The number of non-ortho nitro benzene ring substituents is 1. The van der Waals surface area contributed by atoms with Crippen molar-refractivity contribution in [1.29, 1.82) is 0 Å². The van der Waals surface area contributed by atoms with Crippen molar-refractivity contribution in [1.82, 2.24) is 5.43 Å². The van der Waals surface area contributed by atoms with Gasteiger partial charge in [0.25, 0.3) is 5.69 Å². The lowest BCUT2D eigenvalue weighted by Gasteiger charge is -2.01. The number of hydrogen-bond donors (Lipinski definition) is 1. The predicted octanol–water partition coefficient (Wildman–Crippen LogP) is 4.96. The van der Waals surface area contributed by atoms with E-state index in [9.17, 15) is 14.9 Å². The molecule has 142 valence electrons. The topological polar surface area (TPSA) is 97.7 Å². The molecule has 0 bridgehead atoms. The Balaban J connectivity index is 1.64. The van der Waals surface area contributed by atoms with E-state index in [-0.39, 0.29) is 18.0 Å². The molecule has 0 saturated heterocycles. The summed E-state index contributed by atoms with van der Waals surface area (Å²) in [6.45, 7) is 0. The number of rotatable bonds is 6. The molecule has 28 heavy (non-hydrogen) atoms. The number of amides is 1. The average Bonchev–Trinajstić information content (AvgIpc) is 3.12. The minimum Gasteiger partial charge on any atom is -0.455 e. The van der Waals surface area contributed by atoms with Crippen LogP contribution in [0.4, 0.5) is 5.69 Å². The highest BCUT2D eigenvalue weighted by Crippen LogP contribution is 2.32. The maximum atomic E-state index is 11.9. The van der Waals surface area contributed by atoms with Crippen molar-refractivity contribution in [3.63, 3.8) is 0 Å².